The van der Waals surface area contributed by atoms with Crippen LogP contribution in [0.25, 0.3) is 11.3 Å². The van der Waals surface area contributed by atoms with Crippen LogP contribution in [0.15, 0.2) is 28.8 Å². The minimum absolute atomic E-state index is 0.0663. The lowest BCUT2D eigenvalue weighted by Gasteiger charge is -2.26. The van der Waals surface area contributed by atoms with E-state index >= 15 is 0 Å². The number of ether oxygens (including phenoxy) is 1. The van der Waals surface area contributed by atoms with E-state index in [1.807, 2.05) is 0 Å². The van der Waals surface area contributed by atoms with Gasteiger partial charge in [0.2, 0.25) is 0 Å². The van der Waals surface area contributed by atoms with E-state index in [0.29, 0.717) is 50.0 Å². The monoisotopic (exact) mass is 467 g/mol. The number of hydrogen-bond donors (Lipinski definition) is 3. The number of aromatic nitrogens is 1. The first-order valence-corrected chi connectivity index (χ1v) is 11.3. The van der Waals surface area contributed by atoms with Crippen molar-refractivity contribution in [2.24, 2.45) is 0 Å². The summed E-state index contributed by atoms with van der Waals surface area (Å²) in [5.41, 5.74) is 0.286. The van der Waals surface area contributed by atoms with Crippen LogP contribution in [0.3, 0.4) is 0 Å². The smallest absolute Gasteiger partial charge is 0.393 e. The van der Waals surface area contributed by atoms with Crippen LogP contribution in [0.5, 0.6) is 0 Å². The van der Waals surface area contributed by atoms with Crippen molar-refractivity contribution in [1.29, 1.82) is 0 Å². The number of aliphatic hydroxyl groups is 1. The maximum Gasteiger partial charge on any atom is 0.416 e. The van der Waals surface area contributed by atoms with Crippen molar-refractivity contribution in [2.45, 2.75) is 69.4 Å². The van der Waals surface area contributed by atoms with Gasteiger partial charge in [0.15, 0.2) is 11.5 Å². The molecule has 1 aromatic heterocycles. The van der Waals surface area contributed by atoms with Gasteiger partial charge in [0.05, 0.1) is 11.7 Å². The normalized spacial score (nSPS) is 22.3. The number of rotatable bonds is 6. The summed E-state index contributed by atoms with van der Waals surface area (Å²) < 4.78 is 49.7. The molecule has 1 aliphatic heterocycles. The highest BCUT2D eigenvalue weighted by atomic mass is 19.4. The number of alkyl halides is 3. The minimum atomic E-state index is -4.44. The van der Waals surface area contributed by atoms with E-state index in [1.165, 1.54) is 12.1 Å². The van der Waals surface area contributed by atoms with Crippen molar-refractivity contribution >= 4 is 5.91 Å². The molecular formula is C23H28F3N3O4. The molecule has 33 heavy (non-hydrogen) atoms. The fourth-order valence-corrected chi connectivity index (χ4v) is 4.31. The average Bonchev–Trinajstić information content (AvgIpc) is 3.23. The number of amides is 1. The molecule has 2 heterocycles. The maximum atomic E-state index is 13.0. The molecule has 7 nitrogen and oxygen atoms in total. The lowest BCUT2D eigenvalue weighted by atomic mass is 9.93. The van der Waals surface area contributed by atoms with Crippen LogP contribution in [-0.2, 0) is 17.5 Å². The summed E-state index contributed by atoms with van der Waals surface area (Å²) in [5, 5.41) is 20.0. The summed E-state index contributed by atoms with van der Waals surface area (Å²) in [6.45, 7) is 1.58. The molecule has 10 heteroatoms. The molecule has 1 amide bonds. The zero-order valence-corrected chi connectivity index (χ0v) is 18.2. The molecule has 2 aromatic rings. The molecule has 0 unspecified atom stereocenters. The highest BCUT2D eigenvalue weighted by Crippen LogP contribution is 2.33. The van der Waals surface area contributed by atoms with E-state index in [9.17, 15) is 23.1 Å². The van der Waals surface area contributed by atoms with Crippen LogP contribution in [-0.4, -0.2) is 47.6 Å². The first-order valence-electron chi connectivity index (χ1n) is 11.3. The van der Waals surface area contributed by atoms with Gasteiger partial charge in [-0.05, 0) is 50.7 Å². The molecule has 1 saturated carbocycles. The summed E-state index contributed by atoms with van der Waals surface area (Å²) in [6.07, 6.45) is -0.530. The number of carbonyl (C=O) groups is 1. The lowest BCUT2D eigenvalue weighted by molar-refractivity contribution is -0.137. The van der Waals surface area contributed by atoms with Crippen molar-refractivity contribution in [2.75, 3.05) is 13.2 Å². The van der Waals surface area contributed by atoms with Crippen LogP contribution < -0.4 is 10.6 Å². The molecule has 1 saturated heterocycles. The van der Waals surface area contributed by atoms with Gasteiger partial charge in [-0.1, -0.05) is 17.3 Å². The van der Waals surface area contributed by atoms with Gasteiger partial charge in [-0.2, -0.15) is 13.2 Å². The van der Waals surface area contributed by atoms with Gasteiger partial charge in [-0.15, -0.1) is 0 Å². The number of hydrogen-bond acceptors (Lipinski definition) is 6. The van der Waals surface area contributed by atoms with E-state index in [-0.39, 0.29) is 42.1 Å². The Bertz CT molecular complexity index is 931. The average molecular weight is 467 g/mol. The highest BCUT2D eigenvalue weighted by Gasteiger charge is 2.31. The summed E-state index contributed by atoms with van der Waals surface area (Å²) >= 11 is 0. The third-order valence-corrected chi connectivity index (χ3v) is 6.30. The second kappa shape index (κ2) is 10.2. The Balaban J connectivity index is 1.56. The number of carbonyl (C=O) groups excluding carboxylic acids is 1. The predicted octanol–water partition coefficient (Wildman–Crippen LogP) is 3.66. The van der Waals surface area contributed by atoms with E-state index < -0.39 is 11.7 Å². The summed E-state index contributed by atoms with van der Waals surface area (Å²) in [7, 11) is 0. The molecule has 1 aromatic carbocycles. The standard InChI is InChI=1S/C23H28F3N3O4/c24-23(25,26)15-3-1-14(2-4-15)21-19(13-27-16-9-11-32-12-10-16)20(29-33-21)22(31)28-17-5-7-18(30)8-6-17/h1-4,16-18,27,30H,5-13H2,(H,28,31)/t17-,18-. The first kappa shape index (κ1) is 23.7. The van der Waals surface area contributed by atoms with Gasteiger partial charge in [0, 0.05) is 43.0 Å². The van der Waals surface area contributed by atoms with E-state index in [1.54, 1.807) is 0 Å². The fraction of sp³-hybridized carbons (Fsp3) is 0.565. The Morgan fingerprint density at radius 3 is 2.33 bits per heavy atom. The number of nitrogens with one attached hydrogen (secondary N) is 2. The van der Waals surface area contributed by atoms with Crippen molar-refractivity contribution in [3.8, 4) is 11.3 Å². The first-order chi connectivity index (χ1) is 15.8. The van der Waals surface area contributed by atoms with Crippen molar-refractivity contribution in [1.82, 2.24) is 15.8 Å². The molecule has 2 aliphatic rings. The highest BCUT2D eigenvalue weighted by molar-refractivity contribution is 5.95. The van der Waals surface area contributed by atoms with Crippen molar-refractivity contribution in [3.05, 3.63) is 41.1 Å². The van der Waals surface area contributed by atoms with E-state index in [2.05, 4.69) is 15.8 Å². The molecule has 2 fully saturated rings. The number of nitrogens with zero attached hydrogens (tertiary/aromatic N) is 1. The molecule has 1 aliphatic carbocycles. The summed E-state index contributed by atoms with van der Waals surface area (Å²) in [6, 6.07) is 4.76. The molecule has 180 valence electrons. The summed E-state index contributed by atoms with van der Waals surface area (Å²) in [4.78, 5) is 13.0. The van der Waals surface area contributed by atoms with E-state index in [4.69, 9.17) is 9.26 Å². The quantitative estimate of drug-likeness (QED) is 0.600. The van der Waals surface area contributed by atoms with Gasteiger partial charge in [-0.3, -0.25) is 4.79 Å². The Labute approximate surface area is 189 Å². The molecule has 3 N–H and O–H groups in total. The second-order valence-electron chi connectivity index (χ2n) is 8.66. The maximum absolute atomic E-state index is 13.0. The zero-order valence-electron chi connectivity index (χ0n) is 18.2. The Hall–Kier alpha value is -2.43. The van der Waals surface area contributed by atoms with Gasteiger partial charge >= 0.3 is 6.18 Å². The molecule has 0 spiro atoms. The van der Waals surface area contributed by atoms with Crippen LogP contribution >= 0.6 is 0 Å². The molecular weight excluding hydrogens is 439 g/mol. The Morgan fingerprint density at radius 2 is 1.70 bits per heavy atom. The molecule has 0 bridgehead atoms. The van der Waals surface area contributed by atoms with Crippen LogP contribution in [0.2, 0.25) is 0 Å². The van der Waals surface area contributed by atoms with Gasteiger partial charge in [0.1, 0.15) is 0 Å². The minimum Gasteiger partial charge on any atom is -0.393 e. The van der Waals surface area contributed by atoms with Crippen LogP contribution in [0.4, 0.5) is 13.2 Å². The van der Waals surface area contributed by atoms with Gasteiger partial charge in [-0.25, -0.2) is 0 Å². The second-order valence-corrected chi connectivity index (χ2v) is 8.66. The van der Waals surface area contributed by atoms with Crippen LogP contribution in [0.1, 0.15) is 60.1 Å². The molecule has 4 rings (SSSR count). The predicted molar refractivity (Wildman–Crippen MR) is 113 cm³/mol. The SMILES string of the molecule is O=C(N[C@H]1CC[C@H](O)CC1)c1noc(-c2ccc(C(F)(F)F)cc2)c1CNC1CCOCC1. The third kappa shape index (κ3) is 5.93. The molecule has 0 atom stereocenters. The number of halogens is 3. The largest absolute Gasteiger partial charge is 0.416 e. The Morgan fingerprint density at radius 1 is 1.03 bits per heavy atom. The molecule has 0 radical (unpaired) electrons. The third-order valence-electron chi connectivity index (χ3n) is 6.30. The van der Waals surface area contributed by atoms with Crippen molar-refractivity contribution in [3.63, 3.8) is 0 Å². The number of benzene rings is 1. The lowest BCUT2D eigenvalue weighted by Crippen LogP contribution is -2.39. The topological polar surface area (TPSA) is 96.6 Å². The summed E-state index contributed by atoms with van der Waals surface area (Å²) in [5.74, 6) is -0.116. The Kier molecular flexibility index (Phi) is 7.35. The fourth-order valence-electron chi connectivity index (χ4n) is 4.31. The van der Waals surface area contributed by atoms with E-state index in [0.717, 1.165) is 25.0 Å². The zero-order chi connectivity index (χ0) is 23.4. The van der Waals surface area contributed by atoms with Gasteiger partial charge < -0.3 is 25.0 Å². The van der Waals surface area contributed by atoms with Gasteiger partial charge in [0.25, 0.3) is 5.91 Å². The number of aliphatic hydroxyl groups excluding tert-OH is 1. The van der Waals surface area contributed by atoms with Crippen molar-refractivity contribution < 1.29 is 32.3 Å². The van der Waals surface area contributed by atoms with Crippen LogP contribution in [0, 0.1) is 0 Å².